The van der Waals surface area contributed by atoms with Gasteiger partial charge in [-0.3, -0.25) is 0 Å². The summed E-state index contributed by atoms with van der Waals surface area (Å²) in [4.78, 5) is 4.27. The van der Waals surface area contributed by atoms with Crippen molar-refractivity contribution in [2.24, 2.45) is 0 Å². The summed E-state index contributed by atoms with van der Waals surface area (Å²) in [5.41, 5.74) is 0.667. The molecule has 0 bridgehead atoms. The zero-order valence-electron chi connectivity index (χ0n) is 11.0. The van der Waals surface area contributed by atoms with E-state index in [-0.39, 0.29) is 5.54 Å². The molecule has 4 nitrogen and oxygen atoms in total. The third-order valence-corrected chi connectivity index (χ3v) is 3.05. The van der Waals surface area contributed by atoms with Gasteiger partial charge in [-0.1, -0.05) is 34.4 Å². The molecule has 1 heterocycles. The van der Waals surface area contributed by atoms with E-state index in [1.807, 2.05) is 20.8 Å². The Morgan fingerprint density at radius 3 is 2.42 bits per heavy atom. The normalized spacial score (nSPS) is 11.6. The van der Waals surface area contributed by atoms with E-state index >= 15 is 0 Å². The van der Waals surface area contributed by atoms with Gasteiger partial charge >= 0.3 is 6.01 Å². The van der Waals surface area contributed by atoms with Crippen LogP contribution in [0.15, 0.2) is 22.7 Å². The Balaban J connectivity index is 2.16. The molecule has 1 aromatic heterocycles. The van der Waals surface area contributed by atoms with Crippen molar-refractivity contribution < 1.29 is 4.52 Å². The lowest BCUT2D eigenvalue weighted by atomic mass is 10.1. The zero-order chi connectivity index (χ0) is 14.0. The van der Waals surface area contributed by atoms with E-state index in [1.165, 1.54) is 0 Å². The molecule has 6 heteroatoms. The van der Waals surface area contributed by atoms with Crippen LogP contribution < -0.4 is 5.32 Å². The van der Waals surface area contributed by atoms with Gasteiger partial charge in [0, 0.05) is 22.0 Å². The molecule has 0 aliphatic carbocycles. The second-order valence-electron chi connectivity index (χ2n) is 5.27. The Bertz CT molecular complexity index is 555. The Kier molecular flexibility index (Phi) is 4.02. The molecule has 0 radical (unpaired) electrons. The summed E-state index contributed by atoms with van der Waals surface area (Å²) in [5, 5.41) is 8.22. The molecule has 2 aromatic rings. The first-order valence-corrected chi connectivity index (χ1v) is 6.64. The first-order chi connectivity index (χ1) is 8.85. The smallest absolute Gasteiger partial charge is 0.321 e. The van der Waals surface area contributed by atoms with Crippen LogP contribution in [0, 0.1) is 0 Å². The summed E-state index contributed by atoms with van der Waals surface area (Å²) in [5.74, 6) is 0.543. The second kappa shape index (κ2) is 5.39. The highest BCUT2D eigenvalue weighted by molar-refractivity contribution is 6.36. The minimum Gasteiger partial charge on any atom is -0.333 e. The standard InChI is InChI=1S/C13H15Cl2N3O/c1-13(2,3)17-12-16-11(18-19-12)7-8-9(14)5-4-6-10(8)15/h4-6H,7H2,1-3H3,(H,16,17,18). The number of halogens is 2. The van der Waals surface area contributed by atoms with Gasteiger partial charge in [0.2, 0.25) is 0 Å². The van der Waals surface area contributed by atoms with E-state index < -0.39 is 0 Å². The molecule has 0 fully saturated rings. The molecule has 0 aliphatic rings. The summed E-state index contributed by atoms with van der Waals surface area (Å²) < 4.78 is 5.13. The van der Waals surface area contributed by atoms with Crippen LogP contribution >= 0.6 is 23.2 Å². The molecule has 1 N–H and O–H groups in total. The molecule has 19 heavy (non-hydrogen) atoms. The number of anilines is 1. The fourth-order valence-corrected chi connectivity index (χ4v) is 2.09. The minimum atomic E-state index is -0.133. The zero-order valence-corrected chi connectivity index (χ0v) is 12.5. The number of aromatic nitrogens is 2. The molecular weight excluding hydrogens is 285 g/mol. The Labute approximate surface area is 122 Å². The molecule has 2 rings (SSSR count). The first kappa shape index (κ1) is 14.2. The fraction of sp³-hybridized carbons (Fsp3) is 0.385. The van der Waals surface area contributed by atoms with Gasteiger partial charge < -0.3 is 9.84 Å². The molecular formula is C13H15Cl2N3O. The van der Waals surface area contributed by atoms with Crippen LogP contribution in [0.25, 0.3) is 0 Å². The van der Waals surface area contributed by atoms with E-state index in [9.17, 15) is 0 Å². The predicted molar refractivity (Wildman–Crippen MR) is 76.9 cm³/mol. The van der Waals surface area contributed by atoms with Crippen molar-refractivity contribution in [2.45, 2.75) is 32.7 Å². The lowest BCUT2D eigenvalue weighted by Gasteiger charge is -2.17. The van der Waals surface area contributed by atoms with Gasteiger partial charge in [-0.2, -0.15) is 4.98 Å². The highest BCUT2D eigenvalue weighted by atomic mass is 35.5. The van der Waals surface area contributed by atoms with Gasteiger partial charge in [0.05, 0.1) is 0 Å². The molecule has 0 atom stereocenters. The topological polar surface area (TPSA) is 51.0 Å². The first-order valence-electron chi connectivity index (χ1n) is 5.89. The minimum absolute atomic E-state index is 0.133. The maximum Gasteiger partial charge on any atom is 0.321 e. The van der Waals surface area contributed by atoms with Gasteiger partial charge in [-0.25, -0.2) is 0 Å². The molecule has 0 saturated carbocycles. The summed E-state index contributed by atoms with van der Waals surface area (Å²) >= 11 is 12.2. The number of nitrogens with one attached hydrogen (secondary N) is 1. The SMILES string of the molecule is CC(C)(C)Nc1nc(Cc2c(Cl)cccc2Cl)no1. The molecule has 102 valence electrons. The van der Waals surface area contributed by atoms with Crippen LogP contribution in [0.4, 0.5) is 6.01 Å². The number of hydrogen-bond donors (Lipinski definition) is 1. The van der Waals surface area contributed by atoms with Crippen molar-refractivity contribution in [3.05, 3.63) is 39.6 Å². The second-order valence-corrected chi connectivity index (χ2v) is 6.08. The fourth-order valence-electron chi connectivity index (χ4n) is 1.56. The third kappa shape index (κ3) is 3.85. The highest BCUT2D eigenvalue weighted by Gasteiger charge is 2.16. The monoisotopic (exact) mass is 299 g/mol. The molecule has 0 saturated heterocycles. The highest BCUT2D eigenvalue weighted by Crippen LogP contribution is 2.26. The van der Waals surface area contributed by atoms with E-state index in [2.05, 4.69) is 15.5 Å². The van der Waals surface area contributed by atoms with Crippen molar-refractivity contribution in [1.29, 1.82) is 0 Å². The van der Waals surface area contributed by atoms with Gasteiger partial charge in [0.1, 0.15) is 0 Å². The molecule has 0 unspecified atom stereocenters. The third-order valence-electron chi connectivity index (χ3n) is 2.35. The van der Waals surface area contributed by atoms with E-state index in [4.69, 9.17) is 27.7 Å². The molecule has 0 aliphatic heterocycles. The van der Waals surface area contributed by atoms with Gasteiger partial charge in [0.25, 0.3) is 0 Å². The largest absolute Gasteiger partial charge is 0.333 e. The summed E-state index contributed by atoms with van der Waals surface area (Å²) in [6.07, 6.45) is 0.438. The maximum atomic E-state index is 6.11. The average Bonchev–Trinajstić information content (AvgIpc) is 2.69. The Hall–Kier alpha value is -1.26. The van der Waals surface area contributed by atoms with Gasteiger partial charge in [-0.05, 0) is 38.5 Å². The number of hydrogen-bond acceptors (Lipinski definition) is 4. The Morgan fingerprint density at radius 1 is 1.21 bits per heavy atom. The van der Waals surface area contributed by atoms with E-state index in [1.54, 1.807) is 18.2 Å². The van der Waals surface area contributed by atoms with Crippen LogP contribution in [0.5, 0.6) is 0 Å². The summed E-state index contributed by atoms with van der Waals surface area (Å²) in [6.45, 7) is 6.05. The predicted octanol–water partition coefficient (Wildman–Crippen LogP) is 4.18. The van der Waals surface area contributed by atoms with Crippen molar-refractivity contribution in [3.8, 4) is 0 Å². The van der Waals surface area contributed by atoms with Crippen molar-refractivity contribution >= 4 is 29.2 Å². The summed E-state index contributed by atoms with van der Waals surface area (Å²) in [7, 11) is 0. The summed E-state index contributed by atoms with van der Waals surface area (Å²) in [6, 6.07) is 5.77. The van der Waals surface area contributed by atoms with Crippen LogP contribution in [0.3, 0.4) is 0 Å². The number of rotatable bonds is 3. The maximum absolute atomic E-state index is 6.11. The van der Waals surface area contributed by atoms with E-state index in [0.29, 0.717) is 28.3 Å². The average molecular weight is 300 g/mol. The lowest BCUT2D eigenvalue weighted by molar-refractivity contribution is 0.413. The van der Waals surface area contributed by atoms with Crippen molar-refractivity contribution in [3.63, 3.8) is 0 Å². The number of benzene rings is 1. The molecule has 1 aromatic carbocycles. The molecule has 0 amide bonds. The van der Waals surface area contributed by atoms with Crippen LogP contribution in [0.1, 0.15) is 32.2 Å². The van der Waals surface area contributed by atoms with Gasteiger partial charge in [-0.15, -0.1) is 0 Å². The van der Waals surface area contributed by atoms with Crippen molar-refractivity contribution in [2.75, 3.05) is 5.32 Å². The van der Waals surface area contributed by atoms with Crippen molar-refractivity contribution in [1.82, 2.24) is 10.1 Å². The van der Waals surface area contributed by atoms with Crippen LogP contribution in [0.2, 0.25) is 10.0 Å². The van der Waals surface area contributed by atoms with Crippen LogP contribution in [-0.4, -0.2) is 15.7 Å². The Morgan fingerprint density at radius 2 is 1.84 bits per heavy atom. The number of nitrogens with zero attached hydrogens (tertiary/aromatic N) is 2. The molecule has 0 spiro atoms. The van der Waals surface area contributed by atoms with E-state index in [0.717, 1.165) is 5.56 Å². The lowest BCUT2D eigenvalue weighted by Crippen LogP contribution is -2.26. The van der Waals surface area contributed by atoms with Crippen LogP contribution in [-0.2, 0) is 6.42 Å². The van der Waals surface area contributed by atoms with Gasteiger partial charge in [0.15, 0.2) is 5.82 Å². The quantitative estimate of drug-likeness (QED) is 0.924.